The first-order valence-electron chi connectivity index (χ1n) is 13.1. The highest BCUT2D eigenvalue weighted by Gasteiger charge is 2.32. The second kappa shape index (κ2) is 13.5. The molecule has 37 heavy (non-hydrogen) atoms. The molecule has 0 aromatic heterocycles. The van der Waals surface area contributed by atoms with Crippen LogP contribution in [0.3, 0.4) is 0 Å². The predicted octanol–water partition coefficient (Wildman–Crippen LogP) is 8.27. The van der Waals surface area contributed by atoms with E-state index in [-0.39, 0.29) is 17.8 Å². The van der Waals surface area contributed by atoms with Crippen LogP contribution in [0.5, 0.6) is 11.5 Å². The minimum absolute atomic E-state index is 0.00446. The van der Waals surface area contributed by atoms with Gasteiger partial charge in [-0.3, -0.25) is 0 Å². The number of hydrogen-bond donors (Lipinski definition) is 0. The molecule has 0 saturated heterocycles. The lowest BCUT2D eigenvalue weighted by atomic mass is 9.77. The quantitative estimate of drug-likeness (QED) is 0.170. The van der Waals surface area contributed by atoms with Crippen LogP contribution in [0.2, 0.25) is 0 Å². The zero-order valence-electron chi connectivity index (χ0n) is 21.3. The zero-order valence-corrected chi connectivity index (χ0v) is 21.3. The van der Waals surface area contributed by atoms with Gasteiger partial charge in [0.25, 0.3) is 0 Å². The molecule has 2 unspecified atom stereocenters. The smallest absolute Gasteiger partial charge is 0.349 e. The van der Waals surface area contributed by atoms with E-state index in [1.54, 1.807) is 0 Å². The molecule has 1 fully saturated rings. The van der Waals surface area contributed by atoms with Gasteiger partial charge in [0.05, 0.1) is 0 Å². The van der Waals surface area contributed by atoms with E-state index in [2.05, 4.69) is 13.8 Å². The van der Waals surface area contributed by atoms with Gasteiger partial charge in [0, 0.05) is 24.3 Å². The summed E-state index contributed by atoms with van der Waals surface area (Å²) in [6.45, 7) is 4.24. The first-order chi connectivity index (χ1) is 17.8. The molecule has 0 aliphatic heterocycles. The van der Waals surface area contributed by atoms with Crippen LogP contribution in [-0.4, -0.2) is 12.1 Å². The molecule has 3 rings (SSSR count). The van der Waals surface area contributed by atoms with Gasteiger partial charge < -0.3 is 9.47 Å². The van der Waals surface area contributed by atoms with Crippen molar-refractivity contribution in [2.45, 2.75) is 84.2 Å². The summed E-state index contributed by atoms with van der Waals surface area (Å²) in [4.78, 5) is 12.5. The number of hydrogen-bond acceptors (Lipinski definition) is 4. The highest BCUT2D eigenvalue weighted by atomic mass is 19.1. The van der Waals surface area contributed by atoms with Crippen molar-refractivity contribution in [3.8, 4) is 17.6 Å². The molecule has 0 N–H and O–H groups in total. The van der Waals surface area contributed by atoms with E-state index >= 15 is 0 Å². The molecule has 0 spiro atoms. The van der Waals surface area contributed by atoms with E-state index in [0.29, 0.717) is 18.1 Å². The number of nitriles is 1. The molecule has 2 aromatic rings. The summed E-state index contributed by atoms with van der Waals surface area (Å²) in [5.74, 6) is -6.44. The van der Waals surface area contributed by atoms with Crippen LogP contribution in [-0.2, 0) is 0 Å². The van der Waals surface area contributed by atoms with E-state index < -0.39 is 46.1 Å². The Kier molecular flexibility index (Phi) is 10.4. The molecule has 0 heterocycles. The van der Waals surface area contributed by atoms with Crippen LogP contribution in [0, 0.1) is 46.4 Å². The van der Waals surface area contributed by atoms with Crippen molar-refractivity contribution in [3.05, 3.63) is 58.7 Å². The van der Waals surface area contributed by atoms with Crippen molar-refractivity contribution < 1.29 is 31.8 Å². The molecule has 0 amide bonds. The van der Waals surface area contributed by atoms with E-state index in [9.17, 15) is 22.4 Å². The topological polar surface area (TPSA) is 59.3 Å². The number of unbranched alkanes of at least 4 members (excludes halogenated alkanes) is 1. The molecule has 1 aliphatic rings. The summed E-state index contributed by atoms with van der Waals surface area (Å²) in [6, 6.07) is 4.46. The van der Waals surface area contributed by atoms with Gasteiger partial charge in [-0.2, -0.15) is 5.26 Å². The van der Waals surface area contributed by atoms with Crippen molar-refractivity contribution in [3.63, 3.8) is 0 Å². The van der Waals surface area contributed by atoms with Crippen LogP contribution >= 0.6 is 0 Å². The normalized spacial score (nSPS) is 15.6. The third-order valence-corrected chi connectivity index (χ3v) is 7.00. The Hall–Kier alpha value is -3.08. The molecule has 200 valence electrons. The molecule has 8 heteroatoms. The summed E-state index contributed by atoms with van der Waals surface area (Å²) in [5.41, 5.74) is -1.85. The minimum Gasteiger partial charge on any atom is -0.490 e. The van der Waals surface area contributed by atoms with Gasteiger partial charge in [0.15, 0.2) is 0 Å². The Morgan fingerprint density at radius 1 is 0.919 bits per heavy atom. The molecule has 2 aromatic carbocycles. The SMILES string of the molecule is CCCCC(CCC)C(Oc1cc(F)c(C(=O)Oc2cc(F)c(C#N)c(F)c2)c(F)c1)C1CCCCC1. The number of carbonyl (C=O) groups is 1. The maximum absolute atomic E-state index is 15.0. The standard InChI is InChI=1S/C29H33F4NO3/c1-3-5-10-18(9-4-2)28(19-11-7-6-8-12-19)36-20-15-25(32)27(26(33)16-20)29(35)37-21-13-23(30)22(17-34)24(31)14-21/h13-16,18-19,28H,3-12H2,1-2H3. The second-order valence-electron chi connectivity index (χ2n) is 9.70. The molecular formula is C29H33F4NO3. The van der Waals surface area contributed by atoms with E-state index in [1.807, 2.05) is 0 Å². The van der Waals surface area contributed by atoms with Crippen molar-refractivity contribution in [2.24, 2.45) is 11.8 Å². The number of carbonyl (C=O) groups excluding carboxylic acids is 1. The third-order valence-electron chi connectivity index (χ3n) is 7.00. The number of nitrogens with zero attached hydrogens (tertiary/aromatic N) is 1. The van der Waals surface area contributed by atoms with E-state index in [0.717, 1.165) is 69.9 Å². The minimum atomic E-state index is -1.46. The molecule has 1 aliphatic carbocycles. The van der Waals surface area contributed by atoms with Gasteiger partial charge >= 0.3 is 5.97 Å². The average Bonchev–Trinajstić information content (AvgIpc) is 2.85. The van der Waals surface area contributed by atoms with Gasteiger partial charge in [0.2, 0.25) is 0 Å². The number of rotatable bonds is 11. The summed E-state index contributed by atoms with van der Waals surface area (Å²) in [5, 5.41) is 8.75. The third kappa shape index (κ3) is 7.24. The van der Waals surface area contributed by atoms with Crippen molar-refractivity contribution >= 4 is 5.97 Å². The van der Waals surface area contributed by atoms with Crippen molar-refractivity contribution in [1.29, 1.82) is 5.26 Å². The summed E-state index contributed by atoms with van der Waals surface area (Å²) < 4.78 is 68.7. The van der Waals surface area contributed by atoms with Gasteiger partial charge in [-0.05, 0) is 37.5 Å². The van der Waals surface area contributed by atoms with E-state index in [1.165, 1.54) is 12.5 Å². The van der Waals surface area contributed by atoms with Gasteiger partial charge in [-0.1, -0.05) is 52.4 Å². The molecule has 0 bridgehead atoms. The second-order valence-corrected chi connectivity index (χ2v) is 9.70. The van der Waals surface area contributed by atoms with Crippen molar-refractivity contribution in [2.75, 3.05) is 0 Å². The Labute approximate surface area is 215 Å². The molecule has 4 nitrogen and oxygen atoms in total. The summed E-state index contributed by atoms with van der Waals surface area (Å²) in [7, 11) is 0. The maximum Gasteiger partial charge on any atom is 0.349 e. The first-order valence-corrected chi connectivity index (χ1v) is 13.1. The summed E-state index contributed by atoms with van der Waals surface area (Å²) in [6.07, 6.45) is 10.2. The number of halogens is 4. The van der Waals surface area contributed by atoms with Crippen LogP contribution in [0.1, 0.15) is 94.0 Å². The van der Waals surface area contributed by atoms with Crippen LogP contribution in [0.15, 0.2) is 24.3 Å². The van der Waals surface area contributed by atoms with Gasteiger partial charge in [0.1, 0.15) is 58.1 Å². The highest BCUT2D eigenvalue weighted by Crippen LogP contribution is 2.36. The molecule has 1 saturated carbocycles. The zero-order chi connectivity index (χ0) is 26.9. The lowest BCUT2D eigenvalue weighted by Crippen LogP contribution is -2.36. The number of esters is 1. The first kappa shape index (κ1) is 28.5. The maximum atomic E-state index is 15.0. The Bertz CT molecular complexity index is 1080. The molecular weight excluding hydrogens is 486 g/mol. The van der Waals surface area contributed by atoms with Gasteiger partial charge in [-0.25, -0.2) is 22.4 Å². The van der Waals surface area contributed by atoms with Gasteiger partial charge in [-0.15, -0.1) is 0 Å². The largest absolute Gasteiger partial charge is 0.490 e. The summed E-state index contributed by atoms with van der Waals surface area (Å²) >= 11 is 0. The fourth-order valence-electron chi connectivity index (χ4n) is 5.19. The average molecular weight is 520 g/mol. The fraction of sp³-hybridized carbons (Fsp3) is 0.517. The van der Waals surface area contributed by atoms with E-state index in [4.69, 9.17) is 14.7 Å². The lowest BCUT2D eigenvalue weighted by molar-refractivity contribution is 0.0456. The van der Waals surface area contributed by atoms with Crippen LogP contribution < -0.4 is 9.47 Å². The lowest BCUT2D eigenvalue weighted by Gasteiger charge is -2.36. The monoisotopic (exact) mass is 519 g/mol. The predicted molar refractivity (Wildman–Crippen MR) is 131 cm³/mol. The molecule has 0 radical (unpaired) electrons. The van der Waals surface area contributed by atoms with Crippen LogP contribution in [0.4, 0.5) is 17.6 Å². The Morgan fingerprint density at radius 2 is 1.51 bits per heavy atom. The van der Waals surface area contributed by atoms with Crippen LogP contribution in [0.25, 0.3) is 0 Å². The highest BCUT2D eigenvalue weighted by molar-refractivity contribution is 5.91. The van der Waals surface area contributed by atoms with Crippen molar-refractivity contribution in [1.82, 2.24) is 0 Å². The molecule has 2 atom stereocenters. The number of benzene rings is 2. The Balaban J connectivity index is 1.84. The Morgan fingerprint density at radius 3 is 2.05 bits per heavy atom. The number of ether oxygens (including phenoxy) is 2. The fourth-order valence-corrected chi connectivity index (χ4v) is 5.19.